The summed E-state index contributed by atoms with van der Waals surface area (Å²) in [5, 5.41) is 8.28. The second-order valence-electron chi connectivity index (χ2n) is 8.58. The number of carbonyl (C=O) groups excluding carboxylic acids is 2. The van der Waals surface area contributed by atoms with Crippen molar-refractivity contribution in [3.8, 4) is 23.0 Å². The van der Waals surface area contributed by atoms with Crippen LogP contribution in [0.1, 0.15) is 17.3 Å². The maximum absolute atomic E-state index is 12.8. The first-order chi connectivity index (χ1) is 18.4. The first kappa shape index (κ1) is 24.6. The number of hydrogen-bond donors (Lipinski definition) is 2. The van der Waals surface area contributed by atoms with E-state index in [2.05, 4.69) is 15.6 Å². The predicted octanol–water partition coefficient (Wildman–Crippen LogP) is 6.41. The fourth-order valence-corrected chi connectivity index (χ4v) is 4.17. The highest BCUT2D eigenvalue weighted by molar-refractivity contribution is 6.06. The molecule has 2 N–H and O–H groups in total. The number of fused-ring (bicyclic) bond motifs is 2. The number of ether oxygens (including phenoxy) is 3. The first-order valence-corrected chi connectivity index (χ1v) is 11.8. The Morgan fingerprint density at radius 3 is 2.26 bits per heavy atom. The number of nitrogens with zero attached hydrogens (tertiary/aromatic N) is 1. The summed E-state index contributed by atoms with van der Waals surface area (Å²) in [7, 11) is 3.17. The maximum atomic E-state index is 12.8. The van der Waals surface area contributed by atoms with Gasteiger partial charge in [-0.05, 0) is 65.4 Å². The number of nitrogens with one attached hydrogen (secondary N) is 2. The molecule has 8 heteroatoms. The molecular weight excluding hydrogens is 482 g/mol. The van der Waals surface area contributed by atoms with Gasteiger partial charge in [-0.3, -0.25) is 14.6 Å². The van der Waals surface area contributed by atoms with Crippen LogP contribution in [0.3, 0.4) is 0 Å². The zero-order valence-electron chi connectivity index (χ0n) is 21.1. The van der Waals surface area contributed by atoms with Crippen molar-refractivity contribution in [3.63, 3.8) is 0 Å². The molecule has 0 spiro atoms. The quantitative estimate of drug-likeness (QED) is 0.264. The summed E-state index contributed by atoms with van der Waals surface area (Å²) in [6.07, 6.45) is 1.69. The first-order valence-electron chi connectivity index (χ1n) is 11.8. The molecule has 4 aromatic carbocycles. The van der Waals surface area contributed by atoms with Crippen LogP contribution in [-0.4, -0.2) is 31.0 Å². The minimum absolute atomic E-state index is 0.197. The number of methoxy groups -OCH3 is 2. The Bertz CT molecular complexity index is 1680. The van der Waals surface area contributed by atoms with Crippen molar-refractivity contribution in [1.82, 2.24) is 4.98 Å². The molecule has 1 aromatic heterocycles. The number of anilines is 2. The van der Waals surface area contributed by atoms with Gasteiger partial charge >= 0.3 is 0 Å². The lowest BCUT2D eigenvalue weighted by Crippen LogP contribution is -2.13. The van der Waals surface area contributed by atoms with E-state index in [1.807, 2.05) is 48.5 Å². The van der Waals surface area contributed by atoms with E-state index in [-0.39, 0.29) is 11.8 Å². The molecular formula is C30H25N3O5. The molecule has 0 aliphatic heterocycles. The summed E-state index contributed by atoms with van der Waals surface area (Å²) in [4.78, 5) is 28.5. The monoisotopic (exact) mass is 507 g/mol. The Morgan fingerprint density at radius 1 is 0.737 bits per heavy atom. The Balaban J connectivity index is 1.37. The van der Waals surface area contributed by atoms with Crippen LogP contribution in [0.4, 0.5) is 11.4 Å². The highest BCUT2D eigenvalue weighted by Gasteiger charge is 2.12. The Labute approximate surface area is 219 Å². The van der Waals surface area contributed by atoms with Crippen LogP contribution >= 0.6 is 0 Å². The van der Waals surface area contributed by atoms with Crippen LogP contribution in [-0.2, 0) is 4.79 Å². The van der Waals surface area contributed by atoms with E-state index in [1.54, 1.807) is 50.7 Å². The number of rotatable bonds is 7. The Kier molecular flexibility index (Phi) is 6.78. The van der Waals surface area contributed by atoms with E-state index in [4.69, 9.17) is 14.2 Å². The zero-order valence-corrected chi connectivity index (χ0v) is 21.1. The summed E-state index contributed by atoms with van der Waals surface area (Å²) < 4.78 is 17.0. The zero-order chi connectivity index (χ0) is 26.6. The van der Waals surface area contributed by atoms with Gasteiger partial charge in [-0.2, -0.15) is 0 Å². The molecule has 0 saturated carbocycles. The predicted molar refractivity (Wildman–Crippen MR) is 148 cm³/mol. The minimum Gasteiger partial charge on any atom is -0.493 e. The molecule has 0 saturated heterocycles. The SMILES string of the molecule is COc1cc2nccc(Oc3ccc4cc(NC(=O)c5cccc(NC(C)=O)c5)ccc4c3)c2cc1OC. The number of aromatic nitrogens is 1. The third kappa shape index (κ3) is 5.19. The van der Waals surface area contributed by atoms with Crippen molar-refractivity contribution in [1.29, 1.82) is 0 Å². The maximum Gasteiger partial charge on any atom is 0.255 e. The van der Waals surface area contributed by atoms with Crippen LogP contribution in [0.15, 0.2) is 85.1 Å². The number of benzene rings is 4. The van der Waals surface area contributed by atoms with Gasteiger partial charge in [-0.25, -0.2) is 0 Å². The molecule has 0 radical (unpaired) electrons. The van der Waals surface area contributed by atoms with E-state index in [1.165, 1.54) is 6.92 Å². The molecule has 5 aromatic rings. The van der Waals surface area contributed by atoms with Gasteiger partial charge in [-0.15, -0.1) is 0 Å². The van der Waals surface area contributed by atoms with Crippen LogP contribution in [0.25, 0.3) is 21.7 Å². The standard InChI is InChI=1S/C30H25N3O5/c1-18(34)32-22-6-4-5-21(14-22)30(35)33-23-9-7-20-15-24(10-8-19(20)13-23)38-27-11-12-31-26-17-29(37-3)28(36-2)16-25(26)27/h4-17H,1-3H3,(H,32,34)(H,33,35). The highest BCUT2D eigenvalue weighted by atomic mass is 16.5. The topological polar surface area (TPSA) is 98.8 Å². The van der Waals surface area contributed by atoms with Gasteiger partial charge in [0.15, 0.2) is 11.5 Å². The van der Waals surface area contributed by atoms with E-state index < -0.39 is 0 Å². The smallest absolute Gasteiger partial charge is 0.255 e. The van der Waals surface area contributed by atoms with Crippen LogP contribution in [0.5, 0.6) is 23.0 Å². The van der Waals surface area contributed by atoms with E-state index in [9.17, 15) is 9.59 Å². The summed E-state index contributed by atoms with van der Waals surface area (Å²) in [6.45, 7) is 1.42. The lowest BCUT2D eigenvalue weighted by atomic mass is 10.1. The molecule has 0 unspecified atom stereocenters. The van der Waals surface area contributed by atoms with Crippen molar-refractivity contribution < 1.29 is 23.8 Å². The van der Waals surface area contributed by atoms with Crippen molar-refractivity contribution >= 4 is 44.9 Å². The molecule has 0 bridgehead atoms. The van der Waals surface area contributed by atoms with Crippen molar-refractivity contribution in [2.45, 2.75) is 6.92 Å². The lowest BCUT2D eigenvalue weighted by Gasteiger charge is -2.13. The van der Waals surface area contributed by atoms with Crippen LogP contribution in [0.2, 0.25) is 0 Å². The minimum atomic E-state index is -0.270. The second kappa shape index (κ2) is 10.5. The summed E-state index contributed by atoms with van der Waals surface area (Å²) in [5.41, 5.74) is 2.39. The normalized spacial score (nSPS) is 10.7. The van der Waals surface area contributed by atoms with Gasteiger partial charge in [0, 0.05) is 41.5 Å². The number of carbonyl (C=O) groups is 2. The number of amides is 2. The molecule has 2 amide bonds. The van der Waals surface area contributed by atoms with E-state index >= 15 is 0 Å². The second-order valence-corrected chi connectivity index (χ2v) is 8.58. The van der Waals surface area contributed by atoms with Gasteiger partial charge in [0.25, 0.3) is 5.91 Å². The Hall–Kier alpha value is -5.11. The largest absolute Gasteiger partial charge is 0.493 e. The average molecular weight is 508 g/mol. The highest BCUT2D eigenvalue weighted by Crippen LogP contribution is 2.37. The van der Waals surface area contributed by atoms with Crippen LogP contribution in [0, 0.1) is 0 Å². The van der Waals surface area contributed by atoms with Crippen molar-refractivity contribution in [2.75, 3.05) is 24.9 Å². The fourth-order valence-electron chi connectivity index (χ4n) is 4.17. The molecule has 38 heavy (non-hydrogen) atoms. The lowest BCUT2D eigenvalue weighted by molar-refractivity contribution is -0.114. The van der Waals surface area contributed by atoms with Crippen LogP contribution < -0.4 is 24.8 Å². The summed E-state index contributed by atoms with van der Waals surface area (Å²) in [5.74, 6) is 2.02. The average Bonchev–Trinajstić information content (AvgIpc) is 2.92. The van der Waals surface area contributed by atoms with Gasteiger partial charge in [0.05, 0.1) is 19.7 Å². The molecule has 8 nitrogen and oxygen atoms in total. The molecule has 0 aliphatic carbocycles. The molecule has 0 aliphatic rings. The third-order valence-electron chi connectivity index (χ3n) is 5.95. The molecule has 0 fully saturated rings. The van der Waals surface area contributed by atoms with Gasteiger partial charge in [0.1, 0.15) is 11.5 Å². The van der Waals surface area contributed by atoms with E-state index in [0.29, 0.717) is 39.9 Å². The van der Waals surface area contributed by atoms with Gasteiger partial charge in [-0.1, -0.05) is 18.2 Å². The number of hydrogen-bond acceptors (Lipinski definition) is 6. The summed E-state index contributed by atoms with van der Waals surface area (Å²) in [6, 6.07) is 23.6. The van der Waals surface area contributed by atoms with Crippen molar-refractivity contribution in [2.24, 2.45) is 0 Å². The van der Waals surface area contributed by atoms with Crippen molar-refractivity contribution in [3.05, 3.63) is 90.6 Å². The molecule has 5 rings (SSSR count). The summed E-state index contributed by atoms with van der Waals surface area (Å²) >= 11 is 0. The Morgan fingerprint density at radius 2 is 1.47 bits per heavy atom. The molecule has 0 atom stereocenters. The van der Waals surface area contributed by atoms with Gasteiger partial charge in [0.2, 0.25) is 5.91 Å². The third-order valence-corrected chi connectivity index (χ3v) is 5.95. The van der Waals surface area contributed by atoms with E-state index in [0.717, 1.165) is 21.7 Å². The molecule has 190 valence electrons. The number of pyridine rings is 1. The van der Waals surface area contributed by atoms with Gasteiger partial charge < -0.3 is 24.8 Å². The molecule has 1 heterocycles. The fraction of sp³-hybridized carbons (Fsp3) is 0.100.